The first-order valence-electron chi connectivity index (χ1n) is 3.84. The SMILES string of the molecule is CC(C)(C)[C@H](N)C(=O)O.COC(=O)Cl. The molecule has 1 atom stereocenters. The lowest BCUT2D eigenvalue weighted by Gasteiger charge is -2.22. The molecule has 0 bridgehead atoms. The van der Waals surface area contributed by atoms with E-state index in [1.165, 1.54) is 7.11 Å². The number of hydrogen-bond acceptors (Lipinski definition) is 4. The minimum atomic E-state index is -0.942. The summed E-state index contributed by atoms with van der Waals surface area (Å²) in [6.07, 6.45) is 0. The molecule has 0 aliphatic carbocycles. The van der Waals surface area contributed by atoms with Crippen LogP contribution < -0.4 is 5.73 Å². The lowest BCUT2D eigenvalue weighted by atomic mass is 9.88. The van der Waals surface area contributed by atoms with Gasteiger partial charge < -0.3 is 15.6 Å². The number of carbonyl (C=O) groups excluding carboxylic acids is 1. The number of carboxylic acid groups (broad SMARTS) is 1. The van der Waals surface area contributed by atoms with Crippen LogP contribution in [0.3, 0.4) is 0 Å². The molecular formula is C8H16ClNO4. The molecule has 0 aliphatic rings. The maximum absolute atomic E-state index is 10.2. The summed E-state index contributed by atoms with van der Waals surface area (Å²) in [4.78, 5) is 19.6. The fraction of sp³-hybridized carbons (Fsp3) is 0.750. The van der Waals surface area contributed by atoms with E-state index < -0.39 is 17.4 Å². The second-order valence-corrected chi connectivity index (χ2v) is 3.93. The number of carbonyl (C=O) groups is 2. The number of nitrogens with two attached hydrogens (primary N) is 1. The molecule has 0 saturated carbocycles. The minimum absolute atomic E-state index is 0.341. The van der Waals surface area contributed by atoms with Crippen LogP contribution in [0.15, 0.2) is 0 Å². The number of rotatable bonds is 1. The van der Waals surface area contributed by atoms with E-state index >= 15 is 0 Å². The van der Waals surface area contributed by atoms with Gasteiger partial charge in [-0.05, 0) is 5.41 Å². The molecule has 0 heterocycles. The molecule has 0 saturated heterocycles. The zero-order chi connectivity index (χ0) is 11.9. The Morgan fingerprint density at radius 3 is 1.71 bits per heavy atom. The maximum Gasteiger partial charge on any atom is 0.403 e. The van der Waals surface area contributed by atoms with E-state index in [1.807, 2.05) is 0 Å². The molecule has 0 unspecified atom stereocenters. The third-order valence-corrected chi connectivity index (χ3v) is 1.51. The Labute approximate surface area is 88.2 Å². The van der Waals surface area contributed by atoms with E-state index in [4.69, 9.17) is 10.8 Å². The predicted octanol–water partition coefficient (Wildman–Crippen LogP) is 1.44. The predicted molar refractivity (Wildman–Crippen MR) is 53.3 cm³/mol. The van der Waals surface area contributed by atoms with Crippen LogP contribution in [0.1, 0.15) is 20.8 Å². The van der Waals surface area contributed by atoms with Gasteiger partial charge in [-0.2, -0.15) is 0 Å². The van der Waals surface area contributed by atoms with E-state index in [0.717, 1.165) is 0 Å². The number of ether oxygens (including phenoxy) is 1. The van der Waals surface area contributed by atoms with Crippen molar-refractivity contribution in [3.8, 4) is 0 Å². The highest BCUT2D eigenvalue weighted by Crippen LogP contribution is 2.16. The topological polar surface area (TPSA) is 89.6 Å². The molecule has 3 N–H and O–H groups in total. The van der Waals surface area contributed by atoms with Crippen LogP contribution in [-0.2, 0) is 9.53 Å². The van der Waals surface area contributed by atoms with Gasteiger partial charge in [-0.3, -0.25) is 4.79 Å². The van der Waals surface area contributed by atoms with Crippen LogP contribution in [0.5, 0.6) is 0 Å². The van der Waals surface area contributed by atoms with Gasteiger partial charge in [-0.15, -0.1) is 0 Å². The molecule has 84 valence electrons. The fourth-order valence-electron chi connectivity index (χ4n) is 0.370. The summed E-state index contributed by atoms with van der Waals surface area (Å²) in [5, 5.41) is 8.39. The zero-order valence-corrected chi connectivity index (χ0v) is 9.46. The lowest BCUT2D eigenvalue weighted by Crippen LogP contribution is -2.41. The van der Waals surface area contributed by atoms with Gasteiger partial charge in [-0.25, -0.2) is 4.79 Å². The van der Waals surface area contributed by atoms with Gasteiger partial charge in [0, 0.05) is 11.6 Å². The third-order valence-electron chi connectivity index (χ3n) is 1.36. The zero-order valence-electron chi connectivity index (χ0n) is 8.70. The van der Waals surface area contributed by atoms with Gasteiger partial charge in [0.15, 0.2) is 0 Å². The number of methoxy groups -OCH3 is 1. The molecule has 0 radical (unpaired) electrons. The van der Waals surface area contributed by atoms with Gasteiger partial charge in [-0.1, -0.05) is 20.8 Å². The number of aliphatic carboxylic acids is 1. The van der Waals surface area contributed by atoms with Crippen LogP contribution >= 0.6 is 11.6 Å². The summed E-state index contributed by atoms with van der Waals surface area (Å²) >= 11 is 4.60. The Morgan fingerprint density at radius 1 is 1.43 bits per heavy atom. The minimum Gasteiger partial charge on any atom is -0.480 e. The molecule has 6 heteroatoms. The number of hydrogen-bond donors (Lipinski definition) is 2. The molecule has 5 nitrogen and oxygen atoms in total. The highest BCUT2D eigenvalue weighted by Gasteiger charge is 2.26. The quantitative estimate of drug-likeness (QED) is 0.659. The summed E-state index contributed by atoms with van der Waals surface area (Å²) in [6, 6.07) is -0.766. The number of halogens is 1. The maximum atomic E-state index is 10.2. The summed E-state index contributed by atoms with van der Waals surface area (Å²) in [6.45, 7) is 5.39. The van der Waals surface area contributed by atoms with Crippen molar-refractivity contribution in [3.05, 3.63) is 0 Å². The molecular weight excluding hydrogens is 210 g/mol. The van der Waals surface area contributed by atoms with Crippen molar-refractivity contribution < 1.29 is 19.4 Å². The van der Waals surface area contributed by atoms with Crippen molar-refractivity contribution in [3.63, 3.8) is 0 Å². The average Bonchev–Trinajstić information content (AvgIpc) is 2.02. The monoisotopic (exact) mass is 225 g/mol. The third kappa shape index (κ3) is 9.28. The summed E-state index contributed by atoms with van der Waals surface area (Å²) in [5.74, 6) is -0.942. The molecule has 0 aromatic rings. The van der Waals surface area contributed by atoms with Crippen LogP contribution in [0.2, 0.25) is 0 Å². The van der Waals surface area contributed by atoms with Crippen molar-refractivity contribution in [2.75, 3.05) is 7.11 Å². The molecule has 0 aliphatic heterocycles. The van der Waals surface area contributed by atoms with E-state index in [1.54, 1.807) is 20.8 Å². The van der Waals surface area contributed by atoms with Crippen LogP contribution in [0.25, 0.3) is 0 Å². The fourth-order valence-corrected chi connectivity index (χ4v) is 0.370. The van der Waals surface area contributed by atoms with Gasteiger partial charge in [0.05, 0.1) is 7.11 Å². The Morgan fingerprint density at radius 2 is 1.71 bits per heavy atom. The molecule has 0 amide bonds. The van der Waals surface area contributed by atoms with E-state index in [2.05, 4.69) is 16.3 Å². The van der Waals surface area contributed by atoms with Gasteiger partial charge in [0.2, 0.25) is 0 Å². The first-order valence-corrected chi connectivity index (χ1v) is 4.22. The van der Waals surface area contributed by atoms with Gasteiger partial charge in [0.1, 0.15) is 6.04 Å². The van der Waals surface area contributed by atoms with E-state index in [9.17, 15) is 9.59 Å². The Kier molecular flexibility index (Phi) is 7.40. The highest BCUT2D eigenvalue weighted by molar-refractivity contribution is 6.61. The van der Waals surface area contributed by atoms with E-state index in [-0.39, 0.29) is 5.41 Å². The van der Waals surface area contributed by atoms with Crippen LogP contribution in [-0.4, -0.2) is 29.7 Å². The van der Waals surface area contributed by atoms with Crippen LogP contribution in [0.4, 0.5) is 4.79 Å². The molecule has 0 aromatic heterocycles. The summed E-state index contributed by atoms with van der Waals surface area (Å²) in [5.41, 5.74) is 4.18. The first-order chi connectivity index (χ1) is 6.12. The Bertz CT molecular complexity index is 200. The summed E-state index contributed by atoms with van der Waals surface area (Å²) < 4.78 is 3.88. The second-order valence-electron chi connectivity index (χ2n) is 3.62. The first kappa shape index (κ1) is 15.7. The molecule has 14 heavy (non-hydrogen) atoms. The lowest BCUT2D eigenvalue weighted by molar-refractivity contribution is -0.141. The van der Waals surface area contributed by atoms with Gasteiger partial charge >= 0.3 is 11.4 Å². The van der Waals surface area contributed by atoms with Crippen molar-refractivity contribution in [2.24, 2.45) is 11.1 Å². The Hall–Kier alpha value is -0.810. The molecule has 0 rings (SSSR count). The normalized spacial score (nSPS) is 12.1. The second kappa shape index (κ2) is 6.62. The Balaban J connectivity index is 0. The van der Waals surface area contributed by atoms with Crippen molar-refractivity contribution >= 4 is 23.0 Å². The standard InChI is InChI=1S/C6H13NO2.C2H3ClO2/c1-6(2,3)4(7)5(8)9;1-5-2(3)4/h4H,7H2,1-3H3,(H,8,9);1H3/t4-;/m1./s1. The van der Waals surface area contributed by atoms with E-state index in [0.29, 0.717) is 0 Å². The molecule has 0 spiro atoms. The van der Waals surface area contributed by atoms with Crippen LogP contribution in [0, 0.1) is 5.41 Å². The molecule has 0 fully saturated rings. The largest absolute Gasteiger partial charge is 0.480 e. The van der Waals surface area contributed by atoms with Crippen molar-refractivity contribution in [1.82, 2.24) is 0 Å². The van der Waals surface area contributed by atoms with Gasteiger partial charge in [0.25, 0.3) is 0 Å². The van der Waals surface area contributed by atoms with Crippen molar-refractivity contribution in [1.29, 1.82) is 0 Å². The number of carboxylic acids is 1. The average molecular weight is 226 g/mol. The highest BCUT2D eigenvalue weighted by atomic mass is 35.5. The summed E-state index contributed by atoms with van der Waals surface area (Å²) in [7, 11) is 1.22. The molecule has 0 aromatic carbocycles. The smallest absolute Gasteiger partial charge is 0.403 e. The van der Waals surface area contributed by atoms with Crippen molar-refractivity contribution in [2.45, 2.75) is 26.8 Å².